The molecular weight excluding hydrogens is 332 g/mol. The Bertz CT molecular complexity index is 805. The number of nitrogens with one attached hydrogen (secondary N) is 1. The lowest BCUT2D eigenvalue weighted by atomic mass is 10.0. The Morgan fingerprint density at radius 3 is 2.58 bits per heavy atom. The highest BCUT2D eigenvalue weighted by molar-refractivity contribution is 6.32. The molecule has 2 rings (SSSR count). The summed E-state index contributed by atoms with van der Waals surface area (Å²) in [6, 6.07) is 7.65. The van der Waals surface area contributed by atoms with E-state index >= 15 is 0 Å². The molecule has 0 atom stereocenters. The van der Waals surface area contributed by atoms with Crippen LogP contribution in [-0.4, -0.2) is 17.9 Å². The fraction of sp³-hybridized carbons (Fsp3) is 0.235. The number of nitrogens with zero attached hydrogens (tertiary/aromatic N) is 1. The molecule has 0 fully saturated rings. The Morgan fingerprint density at radius 2 is 2.04 bits per heavy atom. The Labute approximate surface area is 144 Å². The molecule has 0 aliphatic rings. The van der Waals surface area contributed by atoms with Crippen LogP contribution in [0.1, 0.15) is 28.4 Å². The molecule has 24 heavy (non-hydrogen) atoms. The minimum Gasteiger partial charge on any atom is -0.495 e. The van der Waals surface area contributed by atoms with E-state index in [0.717, 1.165) is 0 Å². The van der Waals surface area contributed by atoms with Gasteiger partial charge in [0.25, 0.3) is 11.6 Å². The lowest BCUT2D eigenvalue weighted by molar-refractivity contribution is -0.384. The number of nitro benzene ring substituents is 1. The first-order valence-corrected chi connectivity index (χ1v) is 7.68. The highest BCUT2D eigenvalue weighted by Crippen LogP contribution is 2.29. The van der Waals surface area contributed by atoms with Crippen molar-refractivity contribution in [1.29, 1.82) is 0 Å². The zero-order chi connectivity index (χ0) is 17.9. The van der Waals surface area contributed by atoms with Gasteiger partial charge in [-0.25, -0.2) is 0 Å². The third-order valence-corrected chi connectivity index (χ3v) is 3.94. The molecule has 0 radical (unpaired) electrons. The first-order valence-electron chi connectivity index (χ1n) is 7.30. The molecule has 0 aromatic heterocycles. The number of carbonyl (C=O) groups is 1. The van der Waals surface area contributed by atoms with Crippen LogP contribution in [0.4, 0.5) is 11.4 Å². The molecule has 0 unspecified atom stereocenters. The predicted molar refractivity (Wildman–Crippen MR) is 93.2 cm³/mol. The van der Waals surface area contributed by atoms with E-state index < -0.39 is 4.92 Å². The molecule has 0 saturated heterocycles. The quantitative estimate of drug-likeness (QED) is 0.642. The number of methoxy groups -OCH3 is 1. The van der Waals surface area contributed by atoms with Crippen molar-refractivity contribution < 1.29 is 14.5 Å². The van der Waals surface area contributed by atoms with Gasteiger partial charge in [-0.2, -0.15) is 0 Å². The van der Waals surface area contributed by atoms with Gasteiger partial charge in [-0.05, 0) is 42.7 Å². The van der Waals surface area contributed by atoms with Crippen LogP contribution in [0.5, 0.6) is 5.75 Å². The average Bonchev–Trinajstić information content (AvgIpc) is 2.55. The van der Waals surface area contributed by atoms with Gasteiger partial charge in [-0.1, -0.05) is 18.5 Å². The lowest BCUT2D eigenvalue weighted by Crippen LogP contribution is -2.14. The molecule has 0 saturated carbocycles. The molecule has 0 heterocycles. The summed E-state index contributed by atoms with van der Waals surface area (Å²) in [4.78, 5) is 23.0. The van der Waals surface area contributed by atoms with Crippen molar-refractivity contribution in [3.63, 3.8) is 0 Å². The lowest BCUT2D eigenvalue weighted by Gasteiger charge is -2.13. The largest absolute Gasteiger partial charge is 0.495 e. The number of ether oxygens (including phenoxy) is 1. The summed E-state index contributed by atoms with van der Waals surface area (Å²) in [6.45, 7) is 3.60. The second-order valence-electron chi connectivity index (χ2n) is 5.21. The monoisotopic (exact) mass is 348 g/mol. The number of benzene rings is 2. The van der Waals surface area contributed by atoms with Gasteiger partial charge >= 0.3 is 0 Å². The first kappa shape index (κ1) is 17.7. The topological polar surface area (TPSA) is 81.5 Å². The summed E-state index contributed by atoms with van der Waals surface area (Å²) in [5.74, 6) is 0.139. The smallest absolute Gasteiger partial charge is 0.270 e. The molecule has 0 bridgehead atoms. The number of anilines is 1. The van der Waals surface area contributed by atoms with Crippen LogP contribution < -0.4 is 10.1 Å². The normalized spacial score (nSPS) is 10.3. The van der Waals surface area contributed by atoms with Crippen LogP contribution in [-0.2, 0) is 6.42 Å². The Hall–Kier alpha value is -2.60. The van der Waals surface area contributed by atoms with Gasteiger partial charge in [-0.3, -0.25) is 14.9 Å². The van der Waals surface area contributed by atoms with Gasteiger partial charge in [0.1, 0.15) is 5.75 Å². The number of hydrogen-bond acceptors (Lipinski definition) is 4. The van der Waals surface area contributed by atoms with E-state index in [-0.39, 0.29) is 11.6 Å². The predicted octanol–water partition coefficient (Wildman–Crippen LogP) is 4.38. The van der Waals surface area contributed by atoms with Crippen molar-refractivity contribution in [1.82, 2.24) is 0 Å². The van der Waals surface area contributed by atoms with Crippen LogP contribution in [0, 0.1) is 17.0 Å². The molecule has 7 heteroatoms. The zero-order valence-electron chi connectivity index (χ0n) is 13.6. The number of rotatable bonds is 5. The minimum atomic E-state index is -0.443. The average molecular weight is 349 g/mol. The van der Waals surface area contributed by atoms with Gasteiger partial charge in [0.2, 0.25) is 0 Å². The highest BCUT2D eigenvalue weighted by atomic mass is 35.5. The molecule has 2 aromatic rings. The van der Waals surface area contributed by atoms with Gasteiger partial charge in [-0.15, -0.1) is 0 Å². The summed E-state index contributed by atoms with van der Waals surface area (Å²) in [5.41, 5.74) is 2.30. The summed E-state index contributed by atoms with van der Waals surface area (Å²) < 4.78 is 5.06. The van der Waals surface area contributed by atoms with Crippen molar-refractivity contribution in [3.05, 3.63) is 62.2 Å². The van der Waals surface area contributed by atoms with Crippen LogP contribution in [0.2, 0.25) is 5.02 Å². The fourth-order valence-electron chi connectivity index (χ4n) is 2.40. The Balaban J connectivity index is 2.35. The van der Waals surface area contributed by atoms with Gasteiger partial charge in [0, 0.05) is 23.4 Å². The summed E-state index contributed by atoms with van der Waals surface area (Å²) in [6.07, 6.45) is 0.557. The summed E-state index contributed by atoms with van der Waals surface area (Å²) in [7, 11) is 1.49. The van der Waals surface area contributed by atoms with Crippen molar-refractivity contribution >= 4 is 28.9 Å². The van der Waals surface area contributed by atoms with Crippen molar-refractivity contribution in [2.24, 2.45) is 0 Å². The van der Waals surface area contributed by atoms with E-state index in [4.69, 9.17) is 16.3 Å². The molecule has 0 aliphatic heterocycles. The third kappa shape index (κ3) is 3.65. The first-order chi connectivity index (χ1) is 11.4. The molecule has 1 N–H and O–H groups in total. The van der Waals surface area contributed by atoms with Crippen molar-refractivity contribution in [3.8, 4) is 5.75 Å². The van der Waals surface area contributed by atoms with Crippen LogP contribution in [0.15, 0.2) is 30.3 Å². The number of aryl methyl sites for hydroxylation is 2. The zero-order valence-corrected chi connectivity index (χ0v) is 14.3. The minimum absolute atomic E-state index is 0.00911. The number of nitro groups is 1. The molecule has 2 aromatic carbocycles. The molecule has 1 amide bonds. The summed E-state index contributed by atoms with van der Waals surface area (Å²) in [5, 5.41) is 14.1. The van der Waals surface area contributed by atoms with E-state index in [9.17, 15) is 14.9 Å². The van der Waals surface area contributed by atoms with Gasteiger partial charge < -0.3 is 10.1 Å². The van der Waals surface area contributed by atoms with E-state index in [1.807, 2.05) is 6.92 Å². The van der Waals surface area contributed by atoms with Crippen molar-refractivity contribution in [2.75, 3.05) is 12.4 Å². The third-order valence-electron chi connectivity index (χ3n) is 3.65. The highest BCUT2D eigenvalue weighted by Gasteiger charge is 2.16. The summed E-state index contributed by atoms with van der Waals surface area (Å²) >= 11 is 6.04. The van der Waals surface area contributed by atoms with Crippen molar-refractivity contribution in [2.45, 2.75) is 20.3 Å². The molecule has 0 spiro atoms. The Morgan fingerprint density at radius 1 is 1.33 bits per heavy atom. The number of hydrogen-bond donors (Lipinski definition) is 1. The second-order valence-corrected chi connectivity index (χ2v) is 5.62. The number of carbonyl (C=O) groups excluding carboxylic acids is 1. The standard InChI is InChI=1S/C17H17ClN2O4/c1-4-11-8-13(20(22)23)7-10(2)16(11)19-17(21)12-5-6-15(24-3)14(18)9-12/h5-9H,4H2,1-3H3,(H,19,21). The number of non-ortho nitro benzene ring substituents is 1. The Kier molecular flexibility index (Phi) is 5.41. The maximum atomic E-state index is 12.5. The SMILES string of the molecule is CCc1cc([N+](=O)[O-])cc(C)c1NC(=O)c1ccc(OC)c(Cl)c1. The maximum absolute atomic E-state index is 12.5. The molecule has 126 valence electrons. The van der Waals surface area contributed by atoms with Gasteiger partial charge in [0.15, 0.2) is 0 Å². The van der Waals surface area contributed by atoms with E-state index in [0.29, 0.717) is 39.6 Å². The molecular formula is C17H17ClN2O4. The molecule has 0 aliphatic carbocycles. The van der Waals surface area contributed by atoms with E-state index in [1.165, 1.54) is 25.3 Å². The van der Waals surface area contributed by atoms with Gasteiger partial charge in [0.05, 0.1) is 17.1 Å². The number of amides is 1. The molecule has 6 nitrogen and oxygen atoms in total. The van der Waals surface area contributed by atoms with E-state index in [1.54, 1.807) is 19.1 Å². The number of halogens is 1. The fourth-order valence-corrected chi connectivity index (χ4v) is 2.65. The van der Waals surface area contributed by atoms with Crippen LogP contribution in [0.25, 0.3) is 0 Å². The van der Waals surface area contributed by atoms with Crippen LogP contribution in [0.3, 0.4) is 0 Å². The second kappa shape index (κ2) is 7.31. The maximum Gasteiger partial charge on any atom is 0.270 e. The van der Waals surface area contributed by atoms with E-state index in [2.05, 4.69) is 5.32 Å². The van der Waals surface area contributed by atoms with Crippen LogP contribution >= 0.6 is 11.6 Å².